The molecule has 12 heavy (non-hydrogen) atoms. The van der Waals surface area contributed by atoms with Crippen molar-refractivity contribution in [3.8, 4) is 0 Å². The van der Waals surface area contributed by atoms with Crippen LogP contribution in [-0.4, -0.2) is 16.1 Å². The SMILES string of the molecule is Cl.N.O=C(O)Cc1cccnc1. The second kappa shape index (κ2) is 6.57. The van der Waals surface area contributed by atoms with E-state index >= 15 is 0 Å². The zero-order chi connectivity index (χ0) is 7.40. The van der Waals surface area contributed by atoms with E-state index in [0.717, 1.165) is 5.56 Å². The van der Waals surface area contributed by atoms with Crippen LogP contribution in [-0.2, 0) is 11.2 Å². The van der Waals surface area contributed by atoms with E-state index in [-0.39, 0.29) is 25.0 Å². The Balaban J connectivity index is 0. The summed E-state index contributed by atoms with van der Waals surface area (Å²) in [5.74, 6) is -0.826. The number of carboxylic acid groups (broad SMARTS) is 1. The van der Waals surface area contributed by atoms with Crippen LogP contribution in [0.15, 0.2) is 24.5 Å². The summed E-state index contributed by atoms with van der Waals surface area (Å²) in [6.07, 6.45) is 3.22. The first-order valence-electron chi connectivity index (χ1n) is 2.90. The minimum Gasteiger partial charge on any atom is -0.481 e. The predicted molar refractivity (Wildman–Crippen MR) is 47.8 cm³/mol. The highest BCUT2D eigenvalue weighted by Crippen LogP contribution is 1.95. The van der Waals surface area contributed by atoms with Gasteiger partial charge in [-0.25, -0.2) is 0 Å². The summed E-state index contributed by atoms with van der Waals surface area (Å²) in [6, 6.07) is 3.46. The van der Waals surface area contributed by atoms with Crippen LogP contribution in [0.4, 0.5) is 0 Å². The molecule has 1 heterocycles. The Hall–Kier alpha value is -1.13. The number of aromatic nitrogens is 1. The van der Waals surface area contributed by atoms with E-state index in [0.29, 0.717) is 0 Å². The summed E-state index contributed by atoms with van der Waals surface area (Å²) in [5, 5.41) is 8.34. The number of pyridine rings is 1. The van der Waals surface area contributed by atoms with Gasteiger partial charge in [0, 0.05) is 12.4 Å². The van der Waals surface area contributed by atoms with Crippen molar-refractivity contribution in [2.24, 2.45) is 0 Å². The Morgan fingerprint density at radius 2 is 2.25 bits per heavy atom. The van der Waals surface area contributed by atoms with E-state index in [1.807, 2.05) is 0 Å². The fourth-order valence-corrected chi connectivity index (χ4v) is 0.677. The van der Waals surface area contributed by atoms with Gasteiger partial charge < -0.3 is 11.3 Å². The molecule has 0 radical (unpaired) electrons. The lowest BCUT2D eigenvalue weighted by Crippen LogP contribution is -1.99. The van der Waals surface area contributed by atoms with Crippen LogP contribution in [0.25, 0.3) is 0 Å². The molecule has 1 aromatic heterocycles. The molecule has 0 aliphatic rings. The highest BCUT2D eigenvalue weighted by Gasteiger charge is 1.97. The molecule has 0 spiro atoms. The Labute approximate surface area is 76.6 Å². The number of halogens is 1. The van der Waals surface area contributed by atoms with E-state index in [2.05, 4.69) is 4.98 Å². The van der Waals surface area contributed by atoms with Crippen LogP contribution in [0.5, 0.6) is 0 Å². The monoisotopic (exact) mass is 190 g/mol. The maximum atomic E-state index is 10.1. The van der Waals surface area contributed by atoms with E-state index in [1.54, 1.807) is 24.5 Å². The molecule has 0 fully saturated rings. The third kappa shape index (κ3) is 4.65. The van der Waals surface area contributed by atoms with Gasteiger partial charge in [-0.05, 0) is 11.6 Å². The first-order chi connectivity index (χ1) is 4.79. The Morgan fingerprint density at radius 3 is 2.67 bits per heavy atom. The largest absolute Gasteiger partial charge is 0.481 e. The standard InChI is InChI=1S/C7H7NO2.ClH.H3N/c9-7(10)4-6-2-1-3-8-5-6;;/h1-3,5H,4H2,(H,9,10);1H;1H3. The third-order valence-electron chi connectivity index (χ3n) is 1.08. The van der Waals surface area contributed by atoms with Crippen molar-refractivity contribution in [3.63, 3.8) is 0 Å². The molecule has 1 aromatic rings. The number of carbonyl (C=O) groups is 1. The molecule has 68 valence electrons. The van der Waals surface area contributed by atoms with Gasteiger partial charge in [-0.2, -0.15) is 0 Å². The third-order valence-corrected chi connectivity index (χ3v) is 1.08. The van der Waals surface area contributed by atoms with E-state index < -0.39 is 5.97 Å². The Kier molecular flexibility index (Phi) is 7.37. The lowest BCUT2D eigenvalue weighted by Gasteiger charge is -1.91. The minimum atomic E-state index is -0.826. The molecular weight excluding hydrogens is 180 g/mol. The van der Waals surface area contributed by atoms with Crippen molar-refractivity contribution in [2.75, 3.05) is 0 Å². The number of carboxylic acids is 1. The maximum Gasteiger partial charge on any atom is 0.307 e. The average Bonchev–Trinajstić information content (AvgIpc) is 1.88. The summed E-state index contributed by atoms with van der Waals surface area (Å²) in [5.41, 5.74) is 0.731. The zero-order valence-corrected chi connectivity index (χ0v) is 7.25. The van der Waals surface area contributed by atoms with Crippen molar-refractivity contribution in [2.45, 2.75) is 6.42 Å². The number of hydrogen-bond donors (Lipinski definition) is 2. The molecule has 0 aliphatic carbocycles. The van der Waals surface area contributed by atoms with Crippen LogP contribution in [0.1, 0.15) is 5.56 Å². The molecule has 0 bridgehead atoms. The van der Waals surface area contributed by atoms with Gasteiger partial charge in [-0.15, -0.1) is 12.4 Å². The summed E-state index contributed by atoms with van der Waals surface area (Å²) >= 11 is 0. The topological polar surface area (TPSA) is 85.2 Å². The van der Waals surface area contributed by atoms with Gasteiger partial charge in [0.2, 0.25) is 0 Å². The van der Waals surface area contributed by atoms with Gasteiger partial charge in [0.15, 0.2) is 0 Å². The van der Waals surface area contributed by atoms with Crippen molar-refractivity contribution < 1.29 is 9.90 Å². The maximum absolute atomic E-state index is 10.1. The van der Waals surface area contributed by atoms with Gasteiger partial charge in [-0.3, -0.25) is 9.78 Å². The predicted octanol–water partition coefficient (Wildman–Crippen LogP) is 1.29. The minimum absolute atomic E-state index is 0. The van der Waals surface area contributed by atoms with Crippen LogP contribution in [0, 0.1) is 0 Å². The van der Waals surface area contributed by atoms with Gasteiger partial charge in [0.05, 0.1) is 6.42 Å². The molecule has 0 saturated carbocycles. The molecule has 0 atom stereocenters. The van der Waals surface area contributed by atoms with Gasteiger partial charge in [0.25, 0.3) is 0 Å². The zero-order valence-electron chi connectivity index (χ0n) is 6.43. The molecule has 1 rings (SSSR count). The number of hydrogen-bond acceptors (Lipinski definition) is 3. The molecule has 0 aromatic carbocycles. The summed E-state index contributed by atoms with van der Waals surface area (Å²) < 4.78 is 0. The van der Waals surface area contributed by atoms with Crippen molar-refractivity contribution in [1.29, 1.82) is 0 Å². The Morgan fingerprint density at radius 1 is 1.58 bits per heavy atom. The highest BCUT2D eigenvalue weighted by atomic mass is 35.5. The second-order valence-corrected chi connectivity index (χ2v) is 1.93. The first kappa shape index (κ1) is 13.5. The summed E-state index contributed by atoms with van der Waals surface area (Å²) in [4.78, 5) is 13.9. The summed E-state index contributed by atoms with van der Waals surface area (Å²) in [7, 11) is 0. The number of rotatable bonds is 2. The molecule has 0 aliphatic heterocycles. The fraction of sp³-hybridized carbons (Fsp3) is 0.143. The smallest absolute Gasteiger partial charge is 0.307 e. The second-order valence-electron chi connectivity index (χ2n) is 1.93. The highest BCUT2D eigenvalue weighted by molar-refractivity contribution is 5.85. The van der Waals surface area contributed by atoms with Crippen LogP contribution >= 0.6 is 12.4 Å². The van der Waals surface area contributed by atoms with Crippen molar-refractivity contribution >= 4 is 18.4 Å². The molecule has 0 amide bonds. The van der Waals surface area contributed by atoms with Crippen molar-refractivity contribution in [3.05, 3.63) is 30.1 Å². The molecule has 4 nitrogen and oxygen atoms in total. The summed E-state index contributed by atoms with van der Waals surface area (Å²) in [6.45, 7) is 0. The van der Waals surface area contributed by atoms with E-state index in [9.17, 15) is 4.79 Å². The van der Waals surface area contributed by atoms with Crippen molar-refractivity contribution in [1.82, 2.24) is 11.1 Å². The number of nitrogens with zero attached hydrogens (tertiary/aromatic N) is 1. The lowest BCUT2D eigenvalue weighted by atomic mass is 10.2. The van der Waals surface area contributed by atoms with E-state index in [1.165, 1.54) is 0 Å². The Bertz CT molecular complexity index is 228. The van der Waals surface area contributed by atoms with Gasteiger partial charge in [-0.1, -0.05) is 6.07 Å². The molecular formula is C7H11ClN2O2. The lowest BCUT2D eigenvalue weighted by molar-refractivity contribution is -0.136. The molecule has 4 N–H and O–H groups in total. The molecule has 5 heteroatoms. The van der Waals surface area contributed by atoms with Crippen LogP contribution in [0.2, 0.25) is 0 Å². The first-order valence-corrected chi connectivity index (χ1v) is 2.90. The van der Waals surface area contributed by atoms with E-state index in [4.69, 9.17) is 5.11 Å². The quantitative estimate of drug-likeness (QED) is 0.736. The fourth-order valence-electron chi connectivity index (χ4n) is 0.677. The van der Waals surface area contributed by atoms with Crippen LogP contribution in [0.3, 0.4) is 0 Å². The molecule has 0 unspecified atom stereocenters. The average molecular weight is 191 g/mol. The van der Waals surface area contributed by atoms with Gasteiger partial charge >= 0.3 is 5.97 Å². The number of aliphatic carboxylic acids is 1. The van der Waals surface area contributed by atoms with Crippen LogP contribution < -0.4 is 6.15 Å². The normalized spacial score (nSPS) is 7.67. The van der Waals surface area contributed by atoms with Gasteiger partial charge in [0.1, 0.15) is 0 Å². The molecule has 0 saturated heterocycles.